The van der Waals surface area contributed by atoms with E-state index in [0.717, 1.165) is 18.2 Å². The molecule has 3 atom stereocenters. The third-order valence-electron chi connectivity index (χ3n) is 7.70. The van der Waals surface area contributed by atoms with Crippen LogP contribution in [0.5, 0.6) is 0 Å². The Labute approximate surface area is 234 Å². The van der Waals surface area contributed by atoms with Gasteiger partial charge in [0.05, 0.1) is 30.3 Å². The molecule has 0 bridgehead atoms. The lowest BCUT2D eigenvalue weighted by molar-refractivity contribution is -0.119. The molecule has 0 radical (unpaired) electrons. The van der Waals surface area contributed by atoms with Gasteiger partial charge in [0.25, 0.3) is 0 Å². The second-order valence-electron chi connectivity index (χ2n) is 11.6. The van der Waals surface area contributed by atoms with E-state index >= 15 is 13.2 Å². The summed E-state index contributed by atoms with van der Waals surface area (Å²) in [6.45, 7) is 6.98. The van der Waals surface area contributed by atoms with Crippen LogP contribution in [-0.2, 0) is 19.7 Å². The smallest absolute Gasteiger partial charge is 0.414 e. The largest absolute Gasteiger partial charge is 0.444 e. The molecular weight excluding hydrogens is 541 g/mol. The van der Waals surface area contributed by atoms with Crippen LogP contribution in [0.25, 0.3) is 11.1 Å². The van der Waals surface area contributed by atoms with Gasteiger partial charge in [-0.1, -0.05) is 0 Å². The molecule has 9 nitrogen and oxygen atoms in total. The SMILES string of the molecule is CC(=O)NC[C@H]1CN(c2ccc(-c3cc(F)c(C4(C#N)C5CN(C(=O)OC(C)(C)C)CC54)c(F)c3)c(F)c2)C(=O)O1. The van der Waals surface area contributed by atoms with Crippen molar-refractivity contribution in [2.45, 2.75) is 44.8 Å². The van der Waals surface area contributed by atoms with E-state index in [1.807, 2.05) is 0 Å². The van der Waals surface area contributed by atoms with E-state index < -0.39 is 58.6 Å². The zero-order valence-electron chi connectivity index (χ0n) is 23.0. The number of hydrogen-bond donors (Lipinski definition) is 1. The molecule has 1 aliphatic carbocycles. The van der Waals surface area contributed by atoms with Gasteiger partial charge in [-0.3, -0.25) is 9.69 Å². The first-order valence-electron chi connectivity index (χ1n) is 13.2. The molecule has 216 valence electrons. The lowest BCUT2D eigenvalue weighted by atomic mass is 9.88. The number of carbonyl (C=O) groups is 3. The van der Waals surface area contributed by atoms with Crippen LogP contribution in [-0.4, -0.2) is 60.9 Å². The molecule has 2 aromatic rings. The number of piperidine rings is 1. The maximum Gasteiger partial charge on any atom is 0.414 e. The third-order valence-corrected chi connectivity index (χ3v) is 7.70. The number of hydrogen-bond acceptors (Lipinski definition) is 6. The Balaban J connectivity index is 1.34. The Bertz CT molecular complexity index is 1450. The summed E-state index contributed by atoms with van der Waals surface area (Å²) in [5.41, 5.74) is -2.51. The van der Waals surface area contributed by atoms with Crippen LogP contribution < -0.4 is 10.2 Å². The van der Waals surface area contributed by atoms with Gasteiger partial charge in [0.2, 0.25) is 5.91 Å². The van der Waals surface area contributed by atoms with Crippen LogP contribution in [0.4, 0.5) is 28.4 Å². The Morgan fingerprint density at radius 2 is 1.73 bits per heavy atom. The summed E-state index contributed by atoms with van der Waals surface area (Å²) < 4.78 is 56.7. The van der Waals surface area contributed by atoms with Crippen LogP contribution >= 0.6 is 0 Å². The van der Waals surface area contributed by atoms with E-state index in [0.29, 0.717) is 0 Å². The van der Waals surface area contributed by atoms with Gasteiger partial charge in [-0.25, -0.2) is 22.8 Å². The van der Waals surface area contributed by atoms with Crippen molar-refractivity contribution < 1.29 is 37.0 Å². The third kappa shape index (κ3) is 5.05. The number of rotatable bonds is 5. The highest BCUT2D eigenvalue weighted by Gasteiger charge is 2.72. The first-order chi connectivity index (χ1) is 19.2. The Morgan fingerprint density at radius 3 is 2.27 bits per heavy atom. The van der Waals surface area contributed by atoms with Crippen LogP contribution in [0.1, 0.15) is 33.3 Å². The van der Waals surface area contributed by atoms with Crippen molar-refractivity contribution in [3.63, 3.8) is 0 Å². The number of nitrogens with zero attached hydrogens (tertiary/aromatic N) is 3. The molecule has 2 aromatic carbocycles. The van der Waals surface area contributed by atoms with Crippen LogP contribution in [0.3, 0.4) is 0 Å². The zero-order valence-corrected chi connectivity index (χ0v) is 23.0. The average molecular weight is 571 g/mol. The normalized spacial score (nSPS) is 24.9. The molecule has 2 saturated heterocycles. The van der Waals surface area contributed by atoms with Crippen LogP contribution in [0.2, 0.25) is 0 Å². The molecule has 3 aliphatic rings. The molecule has 3 fully saturated rings. The fourth-order valence-corrected chi connectivity index (χ4v) is 5.82. The van der Waals surface area contributed by atoms with Crippen molar-refractivity contribution in [2.24, 2.45) is 11.8 Å². The number of anilines is 1. The number of carbonyl (C=O) groups excluding carboxylic acids is 3. The van der Waals surface area contributed by atoms with E-state index in [-0.39, 0.29) is 54.5 Å². The summed E-state index contributed by atoms with van der Waals surface area (Å²) in [7, 11) is 0. The predicted molar refractivity (Wildman–Crippen MR) is 140 cm³/mol. The Hall–Kier alpha value is -4.27. The number of fused-ring (bicyclic) bond motifs is 1. The van der Waals surface area contributed by atoms with E-state index in [2.05, 4.69) is 11.4 Å². The number of nitriles is 1. The highest BCUT2D eigenvalue weighted by Crippen LogP contribution is 2.64. The molecular formula is C29H29F3N4O5. The molecule has 5 rings (SSSR count). The monoisotopic (exact) mass is 570 g/mol. The molecule has 1 saturated carbocycles. The Morgan fingerprint density at radius 1 is 1.10 bits per heavy atom. The molecule has 3 amide bonds. The van der Waals surface area contributed by atoms with E-state index in [9.17, 15) is 19.6 Å². The summed E-state index contributed by atoms with van der Waals surface area (Å²) in [5, 5.41) is 12.6. The lowest BCUT2D eigenvalue weighted by Gasteiger charge is -2.27. The van der Waals surface area contributed by atoms with Gasteiger partial charge in [-0.15, -0.1) is 0 Å². The van der Waals surface area contributed by atoms with Gasteiger partial charge in [-0.2, -0.15) is 5.26 Å². The molecule has 12 heteroatoms. The summed E-state index contributed by atoms with van der Waals surface area (Å²) >= 11 is 0. The van der Waals surface area contributed by atoms with Gasteiger partial charge >= 0.3 is 12.2 Å². The first-order valence-corrected chi connectivity index (χ1v) is 13.2. The van der Waals surface area contributed by atoms with Crippen molar-refractivity contribution >= 4 is 23.8 Å². The minimum atomic E-state index is -1.43. The number of halogens is 3. The van der Waals surface area contributed by atoms with Crippen molar-refractivity contribution in [2.75, 3.05) is 31.1 Å². The first kappa shape index (κ1) is 28.3. The number of nitrogens with one attached hydrogen (secondary N) is 1. The minimum Gasteiger partial charge on any atom is -0.444 e. The van der Waals surface area contributed by atoms with Crippen LogP contribution in [0.15, 0.2) is 30.3 Å². The van der Waals surface area contributed by atoms with Gasteiger partial charge in [0.15, 0.2) is 0 Å². The fraction of sp³-hybridized carbons (Fsp3) is 0.448. The number of benzene rings is 2. The minimum absolute atomic E-state index is 0.0744. The molecule has 41 heavy (non-hydrogen) atoms. The van der Waals surface area contributed by atoms with Crippen molar-refractivity contribution in [3.8, 4) is 17.2 Å². The summed E-state index contributed by atoms with van der Waals surface area (Å²) in [4.78, 5) is 38.4. The second-order valence-corrected chi connectivity index (χ2v) is 11.6. The van der Waals surface area contributed by atoms with E-state index in [1.165, 1.54) is 28.9 Å². The van der Waals surface area contributed by atoms with Gasteiger partial charge in [-0.05, 0) is 56.7 Å². The lowest BCUT2D eigenvalue weighted by Crippen LogP contribution is -2.39. The number of cyclic esters (lactones) is 1. The highest BCUT2D eigenvalue weighted by molar-refractivity contribution is 5.90. The summed E-state index contributed by atoms with van der Waals surface area (Å²) in [5.74, 6) is -3.98. The van der Waals surface area contributed by atoms with Gasteiger partial charge < -0.3 is 19.7 Å². The zero-order chi connectivity index (χ0) is 29.9. The number of amides is 3. The molecule has 0 spiro atoms. The van der Waals surface area contributed by atoms with Crippen molar-refractivity contribution in [1.29, 1.82) is 5.26 Å². The fourth-order valence-electron chi connectivity index (χ4n) is 5.82. The standard InChI is InChI=1S/C29H29F3N4O5/c1-15(37)34-10-18-11-36(27(39)40-18)17-5-6-19(22(30)9-17)16-7-23(31)25(24(32)8-16)29(14-33)20-12-35(13-21(20)29)26(38)41-28(2,3)4/h5-9,18,20-21H,10-13H2,1-4H3,(H,34,37)/t18-,20?,21?,29?/m0/s1. The maximum absolute atomic E-state index is 15.5. The average Bonchev–Trinajstić information content (AvgIpc) is 3.17. The van der Waals surface area contributed by atoms with Gasteiger partial charge in [0.1, 0.15) is 29.2 Å². The van der Waals surface area contributed by atoms with Crippen LogP contribution in [0, 0.1) is 40.6 Å². The summed E-state index contributed by atoms with van der Waals surface area (Å²) in [6, 6.07) is 7.86. The molecule has 0 aromatic heterocycles. The number of ether oxygens (including phenoxy) is 2. The maximum atomic E-state index is 15.5. The second kappa shape index (κ2) is 9.98. The molecule has 2 unspecified atom stereocenters. The van der Waals surface area contributed by atoms with Gasteiger partial charge in [0, 0.05) is 43.0 Å². The molecule has 1 N–H and O–H groups in total. The molecule has 2 heterocycles. The predicted octanol–water partition coefficient (Wildman–Crippen LogP) is 4.49. The summed E-state index contributed by atoms with van der Waals surface area (Å²) in [6.07, 6.45) is -1.87. The van der Waals surface area contributed by atoms with Crippen molar-refractivity contribution in [3.05, 3.63) is 53.3 Å². The van der Waals surface area contributed by atoms with Crippen molar-refractivity contribution in [1.82, 2.24) is 10.2 Å². The number of likely N-dealkylation sites (tertiary alicyclic amines) is 1. The molecule has 2 aliphatic heterocycles. The quantitative estimate of drug-likeness (QED) is 0.567. The van der Waals surface area contributed by atoms with E-state index in [4.69, 9.17) is 9.47 Å². The van der Waals surface area contributed by atoms with E-state index in [1.54, 1.807) is 20.8 Å². The highest BCUT2D eigenvalue weighted by atomic mass is 19.1. The Kier molecular flexibility index (Phi) is 6.88. The topological polar surface area (TPSA) is 112 Å².